The summed E-state index contributed by atoms with van der Waals surface area (Å²) in [6.07, 6.45) is 7.15. The molecule has 1 aromatic rings. The first-order valence-electron chi connectivity index (χ1n) is 8.07. The highest BCUT2D eigenvalue weighted by molar-refractivity contribution is 6.32. The number of ketones is 1. The number of ether oxygens (including phenoxy) is 1. The Morgan fingerprint density at radius 3 is 2.74 bits per heavy atom. The van der Waals surface area contributed by atoms with Crippen molar-refractivity contribution in [3.05, 3.63) is 41.4 Å². The predicted octanol–water partition coefficient (Wildman–Crippen LogP) is 4.81. The van der Waals surface area contributed by atoms with Crippen LogP contribution in [-0.4, -0.2) is 23.1 Å². The fraction of sp³-hybridized carbons (Fsp3) is 0.526. The Kier molecular flexibility index (Phi) is 8.35. The van der Waals surface area contributed by atoms with Gasteiger partial charge in [0.2, 0.25) is 0 Å². The predicted molar refractivity (Wildman–Crippen MR) is 95.0 cm³/mol. The average Bonchev–Trinajstić information content (AvgIpc) is 2.45. The van der Waals surface area contributed by atoms with Crippen molar-refractivity contribution in [1.82, 2.24) is 0 Å². The van der Waals surface area contributed by atoms with E-state index in [9.17, 15) is 9.90 Å². The molecule has 0 heterocycles. The van der Waals surface area contributed by atoms with E-state index in [0.717, 1.165) is 25.7 Å². The van der Waals surface area contributed by atoms with E-state index in [-0.39, 0.29) is 12.4 Å². The molecule has 0 saturated carbocycles. The smallest absolute Gasteiger partial charge is 0.192 e. The van der Waals surface area contributed by atoms with E-state index in [4.69, 9.17) is 16.3 Å². The highest BCUT2D eigenvalue weighted by Crippen LogP contribution is 2.23. The van der Waals surface area contributed by atoms with Crippen molar-refractivity contribution in [3.63, 3.8) is 0 Å². The zero-order valence-corrected chi connectivity index (χ0v) is 15.0. The molecule has 0 aliphatic carbocycles. The number of para-hydroxylation sites is 1. The van der Waals surface area contributed by atoms with E-state index >= 15 is 0 Å². The van der Waals surface area contributed by atoms with E-state index in [2.05, 4.69) is 6.92 Å². The minimum atomic E-state index is -0.596. The molecule has 0 aliphatic rings. The number of allylic oxidation sites excluding steroid dienone is 1. The summed E-state index contributed by atoms with van der Waals surface area (Å²) in [5.74, 6) is 0.940. The van der Waals surface area contributed by atoms with Crippen LogP contribution >= 0.6 is 11.6 Å². The molecule has 0 bridgehead atoms. The molecule has 0 spiro atoms. The summed E-state index contributed by atoms with van der Waals surface area (Å²) in [6, 6.07) is 7.10. The minimum absolute atomic E-state index is 0.00663. The molecule has 1 atom stereocenters. The normalized spacial score (nSPS) is 13.3. The molecular formula is C19H27ClO3. The second-order valence-corrected chi connectivity index (χ2v) is 7.04. The SMILES string of the molecule is C[C@@H](CC=CC(=O)COc1ccccc1Cl)CCCC(C)(C)O. The van der Waals surface area contributed by atoms with Crippen molar-refractivity contribution in [2.75, 3.05) is 6.61 Å². The van der Waals surface area contributed by atoms with Gasteiger partial charge in [-0.1, -0.05) is 49.6 Å². The minimum Gasteiger partial charge on any atom is -0.484 e. The zero-order valence-electron chi connectivity index (χ0n) is 14.2. The summed E-state index contributed by atoms with van der Waals surface area (Å²) in [5.41, 5.74) is -0.596. The van der Waals surface area contributed by atoms with Gasteiger partial charge in [0.25, 0.3) is 0 Å². The van der Waals surface area contributed by atoms with Gasteiger partial charge in [0.05, 0.1) is 10.6 Å². The molecule has 0 aromatic heterocycles. The first kappa shape index (κ1) is 19.7. The van der Waals surface area contributed by atoms with Crippen molar-refractivity contribution in [1.29, 1.82) is 0 Å². The lowest BCUT2D eigenvalue weighted by molar-refractivity contribution is -0.116. The van der Waals surface area contributed by atoms with Crippen LogP contribution in [0.5, 0.6) is 5.75 Å². The Labute approximate surface area is 144 Å². The Balaban J connectivity index is 2.23. The number of benzene rings is 1. The molecule has 128 valence electrons. The molecule has 1 N–H and O–H groups in total. The van der Waals surface area contributed by atoms with Crippen molar-refractivity contribution in [2.24, 2.45) is 5.92 Å². The second-order valence-electron chi connectivity index (χ2n) is 6.63. The highest BCUT2D eigenvalue weighted by atomic mass is 35.5. The molecule has 0 aliphatic heterocycles. The first-order chi connectivity index (χ1) is 10.8. The molecule has 0 unspecified atom stereocenters. The molecule has 0 saturated heterocycles. The van der Waals surface area contributed by atoms with Gasteiger partial charge in [-0.15, -0.1) is 0 Å². The lowest BCUT2D eigenvalue weighted by Crippen LogP contribution is -2.18. The van der Waals surface area contributed by atoms with Crippen LogP contribution in [0.1, 0.15) is 46.5 Å². The van der Waals surface area contributed by atoms with E-state index < -0.39 is 5.60 Å². The number of rotatable bonds is 10. The van der Waals surface area contributed by atoms with E-state index in [0.29, 0.717) is 16.7 Å². The van der Waals surface area contributed by atoms with Gasteiger partial charge in [-0.05, 0) is 50.8 Å². The molecule has 0 fully saturated rings. The largest absolute Gasteiger partial charge is 0.484 e. The number of hydrogen-bond donors (Lipinski definition) is 1. The van der Waals surface area contributed by atoms with Crippen molar-refractivity contribution < 1.29 is 14.6 Å². The highest BCUT2D eigenvalue weighted by Gasteiger charge is 2.12. The van der Waals surface area contributed by atoms with Crippen LogP contribution in [0.25, 0.3) is 0 Å². The number of aliphatic hydroxyl groups is 1. The maximum Gasteiger partial charge on any atom is 0.192 e. The Bertz CT molecular complexity index is 518. The van der Waals surface area contributed by atoms with Gasteiger partial charge < -0.3 is 9.84 Å². The summed E-state index contributed by atoms with van der Waals surface area (Å²) in [4.78, 5) is 11.8. The van der Waals surface area contributed by atoms with Crippen LogP contribution in [0.2, 0.25) is 5.02 Å². The average molecular weight is 339 g/mol. The summed E-state index contributed by atoms with van der Waals surface area (Å²) in [5, 5.41) is 10.2. The molecule has 0 radical (unpaired) electrons. The maximum absolute atomic E-state index is 11.8. The van der Waals surface area contributed by atoms with Gasteiger partial charge in [0.1, 0.15) is 5.75 Å². The summed E-state index contributed by atoms with van der Waals surface area (Å²) in [6.45, 7) is 5.80. The van der Waals surface area contributed by atoms with Gasteiger partial charge in [0, 0.05) is 0 Å². The fourth-order valence-electron chi connectivity index (χ4n) is 2.19. The van der Waals surface area contributed by atoms with Crippen molar-refractivity contribution in [3.8, 4) is 5.75 Å². The molecule has 4 heteroatoms. The van der Waals surface area contributed by atoms with Crippen molar-refractivity contribution in [2.45, 2.75) is 52.1 Å². The van der Waals surface area contributed by atoms with Crippen LogP contribution in [0.3, 0.4) is 0 Å². The molecule has 1 aromatic carbocycles. The van der Waals surface area contributed by atoms with Crippen LogP contribution in [0.4, 0.5) is 0 Å². The van der Waals surface area contributed by atoms with Crippen molar-refractivity contribution >= 4 is 17.4 Å². The maximum atomic E-state index is 11.8. The van der Waals surface area contributed by atoms with Crippen LogP contribution in [0, 0.1) is 5.92 Å². The molecular weight excluding hydrogens is 312 g/mol. The van der Waals surface area contributed by atoms with Crippen LogP contribution < -0.4 is 4.74 Å². The number of hydrogen-bond acceptors (Lipinski definition) is 3. The van der Waals surface area contributed by atoms with E-state index in [1.807, 2.05) is 32.1 Å². The molecule has 0 amide bonds. The van der Waals surface area contributed by atoms with Crippen LogP contribution in [0.15, 0.2) is 36.4 Å². The number of carbonyl (C=O) groups is 1. The number of halogens is 1. The van der Waals surface area contributed by atoms with Gasteiger partial charge in [-0.2, -0.15) is 0 Å². The van der Waals surface area contributed by atoms with Crippen LogP contribution in [-0.2, 0) is 4.79 Å². The first-order valence-corrected chi connectivity index (χ1v) is 8.45. The Hall–Kier alpha value is -1.32. The van der Waals surface area contributed by atoms with Gasteiger partial charge in [0.15, 0.2) is 12.4 Å². The fourth-order valence-corrected chi connectivity index (χ4v) is 2.38. The van der Waals surface area contributed by atoms with Gasteiger partial charge >= 0.3 is 0 Å². The summed E-state index contributed by atoms with van der Waals surface area (Å²) < 4.78 is 5.40. The Morgan fingerprint density at radius 2 is 2.09 bits per heavy atom. The zero-order chi connectivity index (χ0) is 17.3. The lowest BCUT2D eigenvalue weighted by Gasteiger charge is -2.17. The van der Waals surface area contributed by atoms with Gasteiger partial charge in [-0.25, -0.2) is 0 Å². The summed E-state index contributed by atoms with van der Waals surface area (Å²) in [7, 11) is 0. The third-order valence-corrected chi connectivity index (χ3v) is 3.85. The molecule has 3 nitrogen and oxygen atoms in total. The van der Waals surface area contributed by atoms with E-state index in [1.54, 1.807) is 18.2 Å². The lowest BCUT2D eigenvalue weighted by atomic mass is 9.95. The summed E-state index contributed by atoms with van der Waals surface area (Å²) >= 11 is 5.96. The van der Waals surface area contributed by atoms with E-state index in [1.165, 1.54) is 0 Å². The third kappa shape index (κ3) is 9.42. The number of carbonyl (C=O) groups excluding carboxylic acids is 1. The molecule has 23 heavy (non-hydrogen) atoms. The topological polar surface area (TPSA) is 46.5 Å². The van der Waals surface area contributed by atoms with Gasteiger partial charge in [-0.3, -0.25) is 4.79 Å². The molecule has 1 rings (SSSR count). The monoisotopic (exact) mass is 338 g/mol. The Morgan fingerprint density at radius 1 is 1.39 bits per heavy atom. The third-order valence-electron chi connectivity index (χ3n) is 3.53. The quantitative estimate of drug-likeness (QED) is 0.622. The standard InChI is InChI=1S/C19H27ClO3/c1-15(9-7-13-19(2,3)22)8-6-10-16(21)14-23-18-12-5-4-11-17(18)20/h4-6,10-12,15,22H,7-9,13-14H2,1-3H3/t15-/m0/s1. The second kappa shape index (κ2) is 9.74.